The van der Waals surface area contributed by atoms with Gasteiger partial charge in [0, 0.05) is 29.7 Å². The summed E-state index contributed by atoms with van der Waals surface area (Å²) in [5.74, 6) is 1.38. The van der Waals surface area contributed by atoms with Gasteiger partial charge in [-0.3, -0.25) is 10.1 Å². The van der Waals surface area contributed by atoms with Crippen molar-refractivity contribution in [2.75, 3.05) is 23.3 Å². The number of hydrogen-bond acceptors (Lipinski definition) is 5. The van der Waals surface area contributed by atoms with E-state index in [-0.39, 0.29) is 5.91 Å². The molecule has 1 N–H and O–H groups in total. The summed E-state index contributed by atoms with van der Waals surface area (Å²) >= 11 is 1.38. The lowest BCUT2D eigenvalue weighted by atomic mass is 10.2. The molecule has 3 aromatic rings. The number of rotatable bonds is 6. The Bertz CT molecular complexity index is 848. The number of benzene rings is 1. The summed E-state index contributed by atoms with van der Waals surface area (Å²) < 4.78 is 5.56. The van der Waals surface area contributed by atoms with E-state index in [0.717, 1.165) is 30.2 Å². The third-order valence-corrected chi connectivity index (χ3v) is 4.73. The van der Waals surface area contributed by atoms with Crippen LogP contribution in [-0.4, -0.2) is 24.0 Å². The van der Waals surface area contributed by atoms with Crippen molar-refractivity contribution in [2.24, 2.45) is 0 Å². The predicted octanol–water partition coefficient (Wildman–Crippen LogP) is 4.81. The van der Waals surface area contributed by atoms with Crippen molar-refractivity contribution < 1.29 is 9.21 Å². The van der Waals surface area contributed by atoms with Crippen LogP contribution in [0.3, 0.4) is 0 Å². The van der Waals surface area contributed by atoms with Crippen LogP contribution in [0.2, 0.25) is 0 Å². The van der Waals surface area contributed by atoms with Crippen LogP contribution in [0.25, 0.3) is 11.5 Å². The van der Waals surface area contributed by atoms with Gasteiger partial charge in [0.25, 0.3) is 5.91 Å². The molecule has 1 aromatic carbocycles. The van der Waals surface area contributed by atoms with Crippen LogP contribution in [0, 0.1) is 6.92 Å². The number of furan rings is 1. The zero-order chi connectivity index (χ0) is 17.8. The fourth-order valence-corrected chi connectivity index (χ4v) is 3.29. The highest BCUT2D eigenvalue weighted by molar-refractivity contribution is 7.14. The van der Waals surface area contributed by atoms with Gasteiger partial charge >= 0.3 is 0 Å². The predicted molar refractivity (Wildman–Crippen MR) is 103 cm³/mol. The first-order chi connectivity index (χ1) is 12.1. The highest BCUT2D eigenvalue weighted by Gasteiger charge is 2.12. The quantitative estimate of drug-likeness (QED) is 0.689. The van der Waals surface area contributed by atoms with Gasteiger partial charge in [0.1, 0.15) is 11.5 Å². The minimum atomic E-state index is -0.164. The summed E-state index contributed by atoms with van der Waals surface area (Å²) in [6, 6.07) is 11.4. The molecule has 0 saturated carbocycles. The molecular weight excluding hydrogens is 334 g/mol. The van der Waals surface area contributed by atoms with E-state index in [1.807, 2.05) is 48.7 Å². The first kappa shape index (κ1) is 17.2. The highest BCUT2D eigenvalue weighted by Crippen LogP contribution is 2.26. The van der Waals surface area contributed by atoms with Gasteiger partial charge in [-0.15, -0.1) is 11.3 Å². The Labute approximate surface area is 151 Å². The molecule has 0 aliphatic heterocycles. The molecule has 5 nitrogen and oxygen atoms in total. The molecule has 0 atom stereocenters. The van der Waals surface area contributed by atoms with E-state index in [9.17, 15) is 4.79 Å². The fraction of sp³-hybridized carbons (Fsp3) is 0.263. The second kappa shape index (κ2) is 7.53. The lowest BCUT2D eigenvalue weighted by Crippen LogP contribution is -2.21. The molecule has 0 unspecified atom stereocenters. The number of carbonyl (C=O) groups is 1. The molecule has 1 amide bonds. The Morgan fingerprint density at radius 2 is 1.88 bits per heavy atom. The average Bonchev–Trinajstić information content (AvgIpc) is 3.25. The van der Waals surface area contributed by atoms with Gasteiger partial charge in [0.15, 0.2) is 10.9 Å². The summed E-state index contributed by atoms with van der Waals surface area (Å²) in [6.07, 6.45) is 0. The Hall–Kier alpha value is -2.60. The Morgan fingerprint density at radius 1 is 1.16 bits per heavy atom. The highest BCUT2D eigenvalue weighted by atomic mass is 32.1. The van der Waals surface area contributed by atoms with Gasteiger partial charge in [-0.05, 0) is 57.2 Å². The van der Waals surface area contributed by atoms with Gasteiger partial charge in [-0.25, -0.2) is 4.98 Å². The van der Waals surface area contributed by atoms with E-state index in [1.54, 1.807) is 0 Å². The maximum absolute atomic E-state index is 12.4. The summed E-state index contributed by atoms with van der Waals surface area (Å²) in [5, 5.41) is 5.27. The lowest BCUT2D eigenvalue weighted by Gasteiger charge is -2.20. The van der Waals surface area contributed by atoms with Gasteiger partial charge in [0.05, 0.1) is 0 Å². The Balaban J connectivity index is 1.69. The monoisotopic (exact) mass is 355 g/mol. The standard InChI is InChI=1S/C19H21N3O2S/c1-4-22(5-2)15-9-7-14(8-10-15)18(23)21-19-20-16(12-25-19)17-11-6-13(3)24-17/h6-12H,4-5H2,1-3H3,(H,20,21,23). The third-order valence-electron chi connectivity index (χ3n) is 3.98. The van der Waals surface area contributed by atoms with Crippen molar-refractivity contribution in [1.82, 2.24) is 4.98 Å². The maximum Gasteiger partial charge on any atom is 0.257 e. The minimum absolute atomic E-state index is 0.164. The van der Waals surface area contributed by atoms with E-state index < -0.39 is 0 Å². The fourth-order valence-electron chi connectivity index (χ4n) is 2.60. The summed E-state index contributed by atoms with van der Waals surface area (Å²) in [7, 11) is 0. The molecule has 6 heteroatoms. The van der Waals surface area contributed by atoms with E-state index in [2.05, 4.69) is 29.0 Å². The molecule has 0 fully saturated rings. The number of carbonyl (C=O) groups excluding carboxylic acids is 1. The topological polar surface area (TPSA) is 58.4 Å². The zero-order valence-electron chi connectivity index (χ0n) is 14.6. The number of aryl methyl sites for hydroxylation is 1. The van der Waals surface area contributed by atoms with Crippen LogP contribution in [0.15, 0.2) is 46.2 Å². The number of thiazole rings is 1. The number of aromatic nitrogens is 1. The SMILES string of the molecule is CCN(CC)c1ccc(C(=O)Nc2nc(-c3ccc(C)o3)cs2)cc1. The lowest BCUT2D eigenvalue weighted by molar-refractivity contribution is 0.102. The number of nitrogens with one attached hydrogen (secondary N) is 1. The number of nitrogens with zero attached hydrogens (tertiary/aromatic N) is 2. The average molecular weight is 355 g/mol. The van der Waals surface area contributed by atoms with Crippen molar-refractivity contribution in [3.63, 3.8) is 0 Å². The molecule has 0 saturated heterocycles. The zero-order valence-corrected chi connectivity index (χ0v) is 15.4. The molecule has 2 heterocycles. The summed E-state index contributed by atoms with van der Waals surface area (Å²) in [6.45, 7) is 8.00. The molecule has 130 valence electrons. The Morgan fingerprint density at radius 3 is 2.48 bits per heavy atom. The van der Waals surface area contributed by atoms with Crippen LogP contribution in [0.5, 0.6) is 0 Å². The van der Waals surface area contributed by atoms with Gasteiger partial charge in [-0.2, -0.15) is 0 Å². The summed E-state index contributed by atoms with van der Waals surface area (Å²) in [5.41, 5.74) is 2.46. The number of amides is 1. The Kier molecular flexibility index (Phi) is 5.19. The van der Waals surface area contributed by atoms with Crippen molar-refractivity contribution >= 4 is 28.1 Å². The van der Waals surface area contributed by atoms with Crippen LogP contribution >= 0.6 is 11.3 Å². The van der Waals surface area contributed by atoms with Crippen LogP contribution < -0.4 is 10.2 Å². The maximum atomic E-state index is 12.4. The number of hydrogen-bond donors (Lipinski definition) is 1. The minimum Gasteiger partial charge on any atom is -0.460 e. The first-order valence-electron chi connectivity index (χ1n) is 8.29. The van der Waals surface area contributed by atoms with Crippen LogP contribution in [0.4, 0.5) is 10.8 Å². The molecule has 0 radical (unpaired) electrons. The van der Waals surface area contributed by atoms with Gasteiger partial charge < -0.3 is 9.32 Å². The normalized spacial score (nSPS) is 10.7. The first-order valence-corrected chi connectivity index (χ1v) is 9.17. The van der Waals surface area contributed by atoms with Crippen LogP contribution in [-0.2, 0) is 0 Å². The second-order valence-electron chi connectivity index (χ2n) is 5.62. The van der Waals surface area contributed by atoms with E-state index >= 15 is 0 Å². The number of anilines is 2. The smallest absolute Gasteiger partial charge is 0.257 e. The molecule has 25 heavy (non-hydrogen) atoms. The molecule has 0 bridgehead atoms. The second-order valence-corrected chi connectivity index (χ2v) is 6.48. The van der Waals surface area contributed by atoms with Crippen molar-refractivity contribution in [2.45, 2.75) is 20.8 Å². The molecule has 0 aliphatic carbocycles. The van der Waals surface area contributed by atoms with Gasteiger partial charge in [-0.1, -0.05) is 0 Å². The van der Waals surface area contributed by atoms with E-state index in [4.69, 9.17) is 4.42 Å². The van der Waals surface area contributed by atoms with E-state index in [1.165, 1.54) is 11.3 Å². The van der Waals surface area contributed by atoms with Gasteiger partial charge in [0.2, 0.25) is 0 Å². The molecular formula is C19H21N3O2S. The van der Waals surface area contributed by atoms with E-state index in [0.29, 0.717) is 16.5 Å². The van der Waals surface area contributed by atoms with Crippen LogP contribution in [0.1, 0.15) is 30.0 Å². The largest absolute Gasteiger partial charge is 0.460 e. The molecule has 0 spiro atoms. The van der Waals surface area contributed by atoms with Crippen molar-refractivity contribution in [1.29, 1.82) is 0 Å². The third kappa shape index (κ3) is 3.91. The molecule has 0 aliphatic rings. The van der Waals surface area contributed by atoms with Crippen molar-refractivity contribution in [3.05, 3.63) is 53.1 Å². The molecule has 3 rings (SSSR count). The van der Waals surface area contributed by atoms with Crippen molar-refractivity contribution in [3.8, 4) is 11.5 Å². The molecule has 2 aromatic heterocycles. The summed E-state index contributed by atoms with van der Waals surface area (Å²) in [4.78, 5) is 19.1.